The van der Waals surface area contributed by atoms with Gasteiger partial charge in [0, 0.05) is 5.56 Å². The Morgan fingerprint density at radius 2 is 2.00 bits per heavy atom. The van der Waals surface area contributed by atoms with E-state index in [1.165, 1.54) is 12.1 Å². The largest absolute Gasteiger partial charge is 0.373 e. The molecular weight excluding hydrogens is 208 g/mol. The van der Waals surface area contributed by atoms with Gasteiger partial charge in [-0.3, -0.25) is 9.68 Å². The van der Waals surface area contributed by atoms with Gasteiger partial charge in [0.25, 0.3) is 0 Å². The van der Waals surface area contributed by atoms with Gasteiger partial charge >= 0.3 is 5.97 Å². The third-order valence-corrected chi connectivity index (χ3v) is 2.42. The highest BCUT2D eigenvalue weighted by molar-refractivity contribution is 5.89. The minimum Gasteiger partial charge on any atom is -0.298 e. The second kappa shape index (κ2) is 4.90. The number of aldehydes is 1. The van der Waals surface area contributed by atoms with Crippen LogP contribution in [0.1, 0.15) is 33.6 Å². The van der Waals surface area contributed by atoms with Crippen molar-refractivity contribution < 1.29 is 19.4 Å². The highest BCUT2D eigenvalue weighted by Crippen LogP contribution is 2.28. The molecule has 1 aliphatic rings. The second-order valence-electron chi connectivity index (χ2n) is 3.84. The van der Waals surface area contributed by atoms with Crippen LogP contribution in [0.4, 0.5) is 0 Å². The van der Waals surface area contributed by atoms with E-state index in [0.29, 0.717) is 23.7 Å². The number of hydrogen-bond acceptors (Lipinski definition) is 4. The molecule has 0 bridgehead atoms. The maximum Gasteiger partial charge on any atom is 0.373 e. The molecule has 0 spiro atoms. The van der Waals surface area contributed by atoms with Gasteiger partial charge in [-0.15, -0.1) is 0 Å². The van der Waals surface area contributed by atoms with Crippen LogP contribution in [-0.2, 0) is 9.78 Å². The van der Waals surface area contributed by atoms with Crippen molar-refractivity contribution >= 4 is 12.3 Å². The Kier molecular flexibility index (Phi) is 3.31. The summed E-state index contributed by atoms with van der Waals surface area (Å²) in [6, 6.07) is 6.19. The van der Waals surface area contributed by atoms with Crippen molar-refractivity contribution in [1.29, 1.82) is 0 Å². The summed E-state index contributed by atoms with van der Waals surface area (Å²) >= 11 is 0. The summed E-state index contributed by atoms with van der Waals surface area (Å²) in [4.78, 5) is 31.2. The van der Waals surface area contributed by atoms with Gasteiger partial charge in [-0.2, -0.15) is 4.89 Å². The molecule has 0 radical (unpaired) electrons. The number of rotatable bonds is 5. The molecule has 16 heavy (non-hydrogen) atoms. The lowest BCUT2D eigenvalue weighted by Crippen LogP contribution is -2.07. The predicted molar refractivity (Wildman–Crippen MR) is 55.9 cm³/mol. The maximum absolute atomic E-state index is 11.4. The van der Waals surface area contributed by atoms with Crippen molar-refractivity contribution in [2.45, 2.75) is 12.8 Å². The lowest BCUT2D eigenvalue weighted by atomic mass is 10.1. The van der Waals surface area contributed by atoms with E-state index in [0.717, 1.165) is 19.1 Å². The van der Waals surface area contributed by atoms with Crippen LogP contribution in [0, 0.1) is 5.92 Å². The lowest BCUT2D eigenvalue weighted by molar-refractivity contribution is -0.243. The molecule has 0 unspecified atom stereocenters. The average Bonchev–Trinajstić information content (AvgIpc) is 3.13. The molecule has 1 aliphatic carbocycles. The van der Waals surface area contributed by atoms with E-state index >= 15 is 0 Å². The number of hydrogen-bond donors (Lipinski definition) is 0. The molecule has 1 aromatic carbocycles. The smallest absolute Gasteiger partial charge is 0.298 e. The molecule has 1 aromatic rings. The number of carbonyl (C=O) groups is 2. The van der Waals surface area contributed by atoms with Crippen LogP contribution in [0.5, 0.6) is 0 Å². The first kappa shape index (κ1) is 10.8. The first-order chi connectivity index (χ1) is 7.79. The van der Waals surface area contributed by atoms with Gasteiger partial charge in [0.05, 0.1) is 12.2 Å². The van der Waals surface area contributed by atoms with Gasteiger partial charge in [-0.25, -0.2) is 4.79 Å². The van der Waals surface area contributed by atoms with Crippen LogP contribution in [0.2, 0.25) is 0 Å². The summed E-state index contributed by atoms with van der Waals surface area (Å²) in [7, 11) is 0. The SMILES string of the molecule is O=Cc1ccc(C(=O)OOCC2CC2)cc1. The third kappa shape index (κ3) is 2.90. The highest BCUT2D eigenvalue weighted by atomic mass is 17.2. The van der Waals surface area contributed by atoms with E-state index in [1.54, 1.807) is 12.1 Å². The van der Waals surface area contributed by atoms with Gasteiger partial charge in [-0.05, 0) is 30.9 Å². The van der Waals surface area contributed by atoms with E-state index < -0.39 is 5.97 Å². The molecule has 0 N–H and O–H groups in total. The van der Waals surface area contributed by atoms with Crippen molar-refractivity contribution in [2.24, 2.45) is 5.92 Å². The van der Waals surface area contributed by atoms with E-state index in [2.05, 4.69) is 4.89 Å². The van der Waals surface area contributed by atoms with Crippen molar-refractivity contribution in [1.82, 2.24) is 0 Å². The van der Waals surface area contributed by atoms with E-state index in [4.69, 9.17) is 4.89 Å². The zero-order chi connectivity index (χ0) is 11.4. The molecule has 84 valence electrons. The molecule has 0 saturated heterocycles. The van der Waals surface area contributed by atoms with Crippen molar-refractivity contribution in [2.75, 3.05) is 6.61 Å². The fourth-order valence-electron chi connectivity index (χ4n) is 1.21. The van der Waals surface area contributed by atoms with Gasteiger partial charge in [0.2, 0.25) is 0 Å². The lowest BCUT2D eigenvalue weighted by Gasteiger charge is -2.02. The van der Waals surface area contributed by atoms with Gasteiger partial charge in [0.1, 0.15) is 6.29 Å². The Balaban J connectivity index is 1.84. The van der Waals surface area contributed by atoms with Crippen LogP contribution in [-0.4, -0.2) is 18.9 Å². The molecule has 2 rings (SSSR count). The van der Waals surface area contributed by atoms with E-state index in [-0.39, 0.29) is 0 Å². The van der Waals surface area contributed by atoms with Crippen molar-refractivity contribution in [3.05, 3.63) is 35.4 Å². The predicted octanol–water partition coefficient (Wildman–Crippen LogP) is 2.00. The Morgan fingerprint density at radius 1 is 1.31 bits per heavy atom. The molecule has 4 nitrogen and oxygen atoms in total. The monoisotopic (exact) mass is 220 g/mol. The minimum atomic E-state index is -0.530. The molecule has 1 saturated carbocycles. The van der Waals surface area contributed by atoms with Crippen molar-refractivity contribution in [3.8, 4) is 0 Å². The standard InChI is InChI=1S/C12H12O4/c13-7-9-3-5-11(6-4-9)12(14)16-15-8-10-1-2-10/h3-7,10H,1-2,8H2. The molecular formula is C12H12O4. The quantitative estimate of drug-likeness (QED) is 0.432. The minimum absolute atomic E-state index is 0.376. The maximum atomic E-state index is 11.4. The van der Waals surface area contributed by atoms with Gasteiger partial charge in [0.15, 0.2) is 0 Å². The molecule has 0 amide bonds. The highest BCUT2D eigenvalue weighted by Gasteiger charge is 2.22. The first-order valence-electron chi connectivity index (χ1n) is 5.18. The summed E-state index contributed by atoms with van der Waals surface area (Å²) in [5.74, 6) is 0.0170. The van der Waals surface area contributed by atoms with Crippen LogP contribution in [0.15, 0.2) is 24.3 Å². The van der Waals surface area contributed by atoms with Gasteiger partial charge < -0.3 is 0 Å². The summed E-state index contributed by atoms with van der Waals surface area (Å²) in [6.07, 6.45) is 3.01. The molecule has 0 aromatic heterocycles. The zero-order valence-electron chi connectivity index (χ0n) is 8.72. The fraction of sp³-hybridized carbons (Fsp3) is 0.333. The Morgan fingerprint density at radius 3 is 2.56 bits per heavy atom. The van der Waals surface area contributed by atoms with E-state index in [9.17, 15) is 9.59 Å². The molecule has 0 heterocycles. The third-order valence-electron chi connectivity index (χ3n) is 2.42. The Bertz CT molecular complexity index is 379. The Hall–Kier alpha value is -1.68. The topological polar surface area (TPSA) is 52.6 Å². The molecule has 0 atom stereocenters. The van der Waals surface area contributed by atoms with E-state index in [1.807, 2.05) is 0 Å². The first-order valence-corrected chi connectivity index (χ1v) is 5.18. The Labute approximate surface area is 93.1 Å². The van der Waals surface area contributed by atoms with Gasteiger partial charge in [-0.1, -0.05) is 12.1 Å². The van der Waals surface area contributed by atoms with Crippen LogP contribution in [0.25, 0.3) is 0 Å². The molecule has 1 fully saturated rings. The number of benzene rings is 1. The molecule has 0 aliphatic heterocycles. The van der Waals surface area contributed by atoms with Crippen LogP contribution < -0.4 is 0 Å². The fourth-order valence-corrected chi connectivity index (χ4v) is 1.21. The summed E-state index contributed by atoms with van der Waals surface area (Å²) < 4.78 is 0. The van der Waals surface area contributed by atoms with Crippen molar-refractivity contribution in [3.63, 3.8) is 0 Å². The summed E-state index contributed by atoms with van der Waals surface area (Å²) in [5.41, 5.74) is 0.900. The zero-order valence-corrected chi connectivity index (χ0v) is 8.72. The summed E-state index contributed by atoms with van der Waals surface area (Å²) in [5, 5.41) is 0. The normalized spacial score (nSPS) is 14.5. The average molecular weight is 220 g/mol. The number of carbonyl (C=O) groups excluding carboxylic acids is 2. The summed E-state index contributed by atoms with van der Waals surface area (Å²) in [6.45, 7) is 0.470. The van der Waals surface area contributed by atoms with Crippen LogP contribution in [0.3, 0.4) is 0 Å². The second-order valence-corrected chi connectivity index (χ2v) is 3.84. The van der Waals surface area contributed by atoms with Crippen LogP contribution >= 0.6 is 0 Å². The molecule has 4 heteroatoms.